The van der Waals surface area contributed by atoms with Gasteiger partial charge in [-0.3, -0.25) is 9.48 Å². The number of hydrogen-bond donors (Lipinski definition) is 0. The summed E-state index contributed by atoms with van der Waals surface area (Å²) >= 11 is 0. The van der Waals surface area contributed by atoms with Gasteiger partial charge in [0.2, 0.25) is 5.79 Å². The fraction of sp³-hybridized carbons (Fsp3) is 0.273. The van der Waals surface area contributed by atoms with Crippen molar-refractivity contribution in [3.05, 3.63) is 77.5 Å². The molecule has 0 saturated carbocycles. The maximum absolute atomic E-state index is 16.4. The summed E-state index contributed by atoms with van der Waals surface area (Å²) < 4.78 is 18.3. The van der Waals surface area contributed by atoms with Crippen LogP contribution in [0.5, 0.6) is 0 Å². The number of nitrogens with zero attached hydrogens (tertiary/aromatic N) is 3. The zero-order valence-electron chi connectivity index (χ0n) is 15.5. The topological polar surface area (TPSA) is 38.1 Å². The van der Waals surface area contributed by atoms with E-state index in [9.17, 15) is 4.79 Å². The molecule has 1 amide bonds. The van der Waals surface area contributed by atoms with Crippen molar-refractivity contribution in [2.24, 2.45) is 0 Å². The van der Waals surface area contributed by atoms with Crippen molar-refractivity contribution in [2.45, 2.75) is 32.6 Å². The molecule has 0 bridgehead atoms. The molecule has 1 aromatic heterocycles. The molecule has 1 unspecified atom stereocenters. The van der Waals surface area contributed by atoms with Crippen LogP contribution in [0, 0.1) is 0 Å². The van der Waals surface area contributed by atoms with E-state index in [-0.39, 0.29) is 12.3 Å². The lowest BCUT2D eigenvalue weighted by molar-refractivity contribution is -0.00890. The molecule has 4 nitrogen and oxygen atoms in total. The Kier molecular flexibility index (Phi) is 4.30. The lowest BCUT2D eigenvalue weighted by Gasteiger charge is -2.31. The summed E-state index contributed by atoms with van der Waals surface area (Å²) in [4.78, 5) is 14.2. The average molecular weight is 363 g/mol. The molecule has 3 aromatic rings. The monoisotopic (exact) mass is 363 g/mol. The molecule has 0 saturated heterocycles. The Morgan fingerprint density at radius 1 is 1.04 bits per heavy atom. The highest BCUT2D eigenvalue weighted by Gasteiger charge is 2.49. The van der Waals surface area contributed by atoms with Crippen LogP contribution in [0.25, 0.3) is 11.3 Å². The summed E-state index contributed by atoms with van der Waals surface area (Å²) in [7, 11) is 0. The van der Waals surface area contributed by atoms with Gasteiger partial charge in [-0.05, 0) is 37.6 Å². The number of likely N-dealkylation sites (N-methyl/N-ethyl adjacent to an activating group) is 1. The summed E-state index contributed by atoms with van der Waals surface area (Å²) in [5, 5.41) is 4.30. The number of alkyl halides is 1. The first-order chi connectivity index (χ1) is 13.1. The standard InChI is InChI=1S/C22H22FN3O/c1-3-25-21(27)18-11-10-17(20-12-13-24-26(20)4-2)14-19(18)22(25,23)15-16-8-6-5-7-9-16/h5-14H,3-4,15H2,1-2H3. The summed E-state index contributed by atoms with van der Waals surface area (Å²) in [6, 6.07) is 16.8. The number of hydrogen-bond acceptors (Lipinski definition) is 2. The highest BCUT2D eigenvalue weighted by molar-refractivity contribution is 6.00. The van der Waals surface area contributed by atoms with Crippen molar-refractivity contribution in [2.75, 3.05) is 6.54 Å². The van der Waals surface area contributed by atoms with Gasteiger partial charge >= 0.3 is 0 Å². The van der Waals surface area contributed by atoms with E-state index in [1.54, 1.807) is 12.3 Å². The molecule has 0 aliphatic carbocycles. The minimum atomic E-state index is -1.85. The van der Waals surface area contributed by atoms with Crippen molar-refractivity contribution >= 4 is 5.91 Å². The fourth-order valence-corrected chi connectivity index (χ4v) is 3.94. The number of aromatic nitrogens is 2. The van der Waals surface area contributed by atoms with Gasteiger partial charge in [0.1, 0.15) is 0 Å². The van der Waals surface area contributed by atoms with E-state index in [0.717, 1.165) is 23.4 Å². The Morgan fingerprint density at radius 3 is 2.52 bits per heavy atom. The average Bonchev–Trinajstić information content (AvgIpc) is 3.24. The second-order valence-electron chi connectivity index (χ2n) is 6.76. The van der Waals surface area contributed by atoms with Crippen LogP contribution in [-0.4, -0.2) is 27.1 Å². The minimum absolute atomic E-state index is 0.136. The first kappa shape index (κ1) is 17.5. The zero-order valence-corrected chi connectivity index (χ0v) is 15.5. The van der Waals surface area contributed by atoms with Crippen molar-refractivity contribution in [3.8, 4) is 11.3 Å². The molecule has 5 heteroatoms. The van der Waals surface area contributed by atoms with Crippen LogP contribution in [0.15, 0.2) is 60.8 Å². The molecule has 1 atom stereocenters. The first-order valence-corrected chi connectivity index (χ1v) is 9.30. The van der Waals surface area contributed by atoms with Gasteiger partial charge in [0, 0.05) is 42.4 Å². The molecular formula is C22H22FN3O. The third-order valence-electron chi connectivity index (χ3n) is 5.24. The summed E-state index contributed by atoms with van der Waals surface area (Å²) in [6.45, 7) is 4.88. The van der Waals surface area contributed by atoms with E-state index in [4.69, 9.17) is 0 Å². The first-order valence-electron chi connectivity index (χ1n) is 9.30. The van der Waals surface area contributed by atoms with E-state index in [1.807, 2.05) is 67.1 Å². The van der Waals surface area contributed by atoms with E-state index >= 15 is 4.39 Å². The Hall–Kier alpha value is -2.95. The summed E-state index contributed by atoms with van der Waals surface area (Å²) in [5.74, 6) is -2.10. The van der Waals surface area contributed by atoms with Crippen LogP contribution < -0.4 is 0 Å². The third-order valence-corrected chi connectivity index (χ3v) is 5.24. The maximum Gasteiger partial charge on any atom is 0.257 e. The highest BCUT2D eigenvalue weighted by Crippen LogP contribution is 2.44. The predicted octanol–water partition coefficient (Wildman–Crippen LogP) is 4.41. The smallest absolute Gasteiger partial charge is 0.257 e. The van der Waals surface area contributed by atoms with Gasteiger partial charge in [-0.1, -0.05) is 36.4 Å². The summed E-state index contributed by atoms with van der Waals surface area (Å²) in [5.41, 5.74) is 3.54. The molecule has 4 rings (SSSR count). The van der Waals surface area contributed by atoms with Crippen molar-refractivity contribution in [1.29, 1.82) is 0 Å². The molecule has 0 spiro atoms. The molecule has 1 aliphatic rings. The largest absolute Gasteiger partial charge is 0.302 e. The highest BCUT2D eigenvalue weighted by atomic mass is 19.1. The predicted molar refractivity (Wildman–Crippen MR) is 103 cm³/mol. The lowest BCUT2D eigenvalue weighted by atomic mass is 9.93. The Morgan fingerprint density at radius 2 is 1.81 bits per heavy atom. The van der Waals surface area contributed by atoms with Gasteiger partial charge in [0.05, 0.1) is 5.69 Å². The van der Waals surface area contributed by atoms with Crippen molar-refractivity contribution < 1.29 is 9.18 Å². The fourth-order valence-electron chi connectivity index (χ4n) is 3.94. The zero-order chi connectivity index (χ0) is 19.0. The van der Waals surface area contributed by atoms with Crippen LogP contribution in [0.3, 0.4) is 0 Å². The number of amides is 1. The number of aryl methyl sites for hydroxylation is 1. The van der Waals surface area contributed by atoms with Crippen LogP contribution in [0.1, 0.15) is 35.3 Å². The van der Waals surface area contributed by atoms with E-state index in [2.05, 4.69) is 5.10 Å². The maximum atomic E-state index is 16.4. The molecule has 138 valence electrons. The van der Waals surface area contributed by atoms with Gasteiger partial charge < -0.3 is 4.90 Å². The molecule has 0 fully saturated rings. The molecule has 2 aromatic carbocycles. The van der Waals surface area contributed by atoms with Crippen LogP contribution in [0.4, 0.5) is 4.39 Å². The summed E-state index contributed by atoms with van der Waals surface area (Å²) in [6.07, 6.45) is 1.87. The lowest BCUT2D eigenvalue weighted by Crippen LogP contribution is -2.41. The second kappa shape index (κ2) is 6.65. The molecular weight excluding hydrogens is 341 g/mol. The molecule has 0 radical (unpaired) electrons. The molecule has 0 N–H and O–H groups in total. The van der Waals surface area contributed by atoms with Crippen LogP contribution in [0.2, 0.25) is 0 Å². The molecule has 2 heterocycles. The third kappa shape index (κ3) is 2.74. The number of benzene rings is 2. The number of fused-ring (bicyclic) bond motifs is 1. The van der Waals surface area contributed by atoms with Crippen LogP contribution in [-0.2, 0) is 18.8 Å². The van der Waals surface area contributed by atoms with Gasteiger partial charge in [-0.15, -0.1) is 0 Å². The minimum Gasteiger partial charge on any atom is -0.302 e. The molecule has 1 aliphatic heterocycles. The van der Waals surface area contributed by atoms with E-state index in [1.165, 1.54) is 4.90 Å². The normalized spacial score (nSPS) is 18.8. The van der Waals surface area contributed by atoms with E-state index in [0.29, 0.717) is 17.7 Å². The number of halogens is 1. The number of rotatable bonds is 5. The van der Waals surface area contributed by atoms with Crippen molar-refractivity contribution in [1.82, 2.24) is 14.7 Å². The number of carbonyl (C=O) groups excluding carboxylic acids is 1. The van der Waals surface area contributed by atoms with E-state index < -0.39 is 5.79 Å². The SMILES string of the molecule is CCN1C(=O)c2ccc(-c3ccnn3CC)cc2C1(F)Cc1ccccc1. The van der Waals surface area contributed by atoms with Gasteiger partial charge in [0.25, 0.3) is 5.91 Å². The Balaban J connectivity index is 1.84. The van der Waals surface area contributed by atoms with Gasteiger partial charge in [-0.2, -0.15) is 5.10 Å². The van der Waals surface area contributed by atoms with Gasteiger partial charge in [0.15, 0.2) is 0 Å². The second-order valence-corrected chi connectivity index (χ2v) is 6.76. The Labute approximate surface area is 158 Å². The Bertz CT molecular complexity index is 982. The quantitative estimate of drug-likeness (QED) is 0.630. The van der Waals surface area contributed by atoms with Gasteiger partial charge in [-0.25, -0.2) is 4.39 Å². The van der Waals surface area contributed by atoms with Crippen LogP contribution >= 0.6 is 0 Å². The van der Waals surface area contributed by atoms with Crippen molar-refractivity contribution in [3.63, 3.8) is 0 Å². The molecule has 27 heavy (non-hydrogen) atoms. The number of carbonyl (C=O) groups is 1.